The number of carbonyl (C=O) groups excluding carboxylic acids is 1. The number of rotatable bonds is 1. The maximum absolute atomic E-state index is 11.7. The van der Waals surface area contributed by atoms with Gasteiger partial charge >= 0.3 is 0 Å². The van der Waals surface area contributed by atoms with E-state index in [2.05, 4.69) is 5.32 Å². The van der Waals surface area contributed by atoms with Crippen LogP contribution in [-0.2, 0) is 4.79 Å². The van der Waals surface area contributed by atoms with Gasteiger partial charge in [0.15, 0.2) is 0 Å². The number of amides is 1. The zero-order valence-electron chi connectivity index (χ0n) is 8.91. The smallest absolute Gasteiger partial charge is 0.228 e. The van der Waals surface area contributed by atoms with Crippen LogP contribution in [0.25, 0.3) is 0 Å². The lowest BCUT2D eigenvalue weighted by Gasteiger charge is -2.19. The molecule has 0 bridgehead atoms. The maximum atomic E-state index is 11.7. The van der Waals surface area contributed by atoms with Crippen LogP contribution in [0, 0.1) is 0 Å². The molecule has 15 heavy (non-hydrogen) atoms. The van der Waals surface area contributed by atoms with Crippen molar-refractivity contribution < 1.29 is 9.53 Å². The molecule has 2 rings (SSSR count). The van der Waals surface area contributed by atoms with Crippen LogP contribution < -0.4 is 15.0 Å². The molecule has 0 spiro atoms. The van der Waals surface area contributed by atoms with Crippen molar-refractivity contribution in [1.82, 2.24) is 0 Å². The van der Waals surface area contributed by atoms with Crippen molar-refractivity contribution in [1.29, 1.82) is 0 Å². The van der Waals surface area contributed by atoms with E-state index in [1.807, 2.05) is 18.2 Å². The second kappa shape index (κ2) is 3.81. The van der Waals surface area contributed by atoms with Crippen LogP contribution in [-0.4, -0.2) is 26.6 Å². The highest BCUT2D eigenvalue weighted by molar-refractivity contribution is 5.99. The average molecular weight is 206 g/mol. The van der Waals surface area contributed by atoms with Crippen molar-refractivity contribution in [2.75, 3.05) is 30.9 Å². The molecule has 4 nitrogen and oxygen atoms in total. The van der Waals surface area contributed by atoms with Crippen molar-refractivity contribution in [2.45, 2.75) is 6.42 Å². The molecule has 0 aliphatic carbocycles. The SMILES string of the molecule is COc1cccc2c1N(C)C(=O)CCN2. The number of methoxy groups -OCH3 is 1. The summed E-state index contributed by atoms with van der Waals surface area (Å²) in [5.74, 6) is 0.823. The first-order valence-electron chi connectivity index (χ1n) is 4.91. The van der Waals surface area contributed by atoms with Gasteiger partial charge in [0.05, 0.1) is 12.8 Å². The molecule has 0 aromatic heterocycles. The highest BCUT2D eigenvalue weighted by Gasteiger charge is 2.21. The maximum Gasteiger partial charge on any atom is 0.228 e. The van der Waals surface area contributed by atoms with Crippen LogP contribution >= 0.6 is 0 Å². The van der Waals surface area contributed by atoms with Crippen molar-refractivity contribution >= 4 is 17.3 Å². The number of carbonyl (C=O) groups is 1. The van der Waals surface area contributed by atoms with E-state index in [0.717, 1.165) is 17.1 Å². The molecule has 1 heterocycles. The molecule has 80 valence electrons. The van der Waals surface area contributed by atoms with E-state index in [1.165, 1.54) is 0 Å². The van der Waals surface area contributed by atoms with E-state index in [1.54, 1.807) is 19.1 Å². The van der Waals surface area contributed by atoms with Crippen LogP contribution in [0.15, 0.2) is 18.2 Å². The van der Waals surface area contributed by atoms with Gasteiger partial charge in [-0.1, -0.05) is 6.07 Å². The zero-order chi connectivity index (χ0) is 10.8. The van der Waals surface area contributed by atoms with Crippen molar-refractivity contribution in [3.63, 3.8) is 0 Å². The first kappa shape index (κ1) is 9.83. The highest BCUT2D eigenvalue weighted by Crippen LogP contribution is 2.36. The van der Waals surface area contributed by atoms with Gasteiger partial charge in [-0.3, -0.25) is 4.79 Å². The van der Waals surface area contributed by atoms with Crippen molar-refractivity contribution in [3.8, 4) is 5.75 Å². The number of para-hydroxylation sites is 1. The van der Waals surface area contributed by atoms with E-state index < -0.39 is 0 Å². The third-order valence-corrected chi connectivity index (χ3v) is 2.58. The number of benzene rings is 1. The topological polar surface area (TPSA) is 41.6 Å². The number of nitrogens with zero attached hydrogens (tertiary/aromatic N) is 1. The van der Waals surface area contributed by atoms with Crippen LogP contribution in [0.4, 0.5) is 11.4 Å². The first-order chi connectivity index (χ1) is 7.24. The second-order valence-electron chi connectivity index (χ2n) is 3.49. The number of anilines is 2. The molecule has 1 N–H and O–H groups in total. The minimum atomic E-state index is 0.103. The minimum Gasteiger partial charge on any atom is -0.494 e. The molecule has 1 aromatic carbocycles. The molecule has 1 amide bonds. The van der Waals surface area contributed by atoms with Gasteiger partial charge < -0.3 is 15.0 Å². The molecule has 1 aromatic rings. The third kappa shape index (κ3) is 1.63. The average Bonchev–Trinajstić information content (AvgIpc) is 2.40. The Morgan fingerprint density at radius 2 is 2.27 bits per heavy atom. The Labute approximate surface area is 88.8 Å². The Morgan fingerprint density at radius 3 is 3.00 bits per heavy atom. The molecule has 0 saturated heterocycles. The van der Waals surface area contributed by atoms with E-state index in [0.29, 0.717) is 13.0 Å². The van der Waals surface area contributed by atoms with Gasteiger partial charge in [0.2, 0.25) is 5.91 Å². The first-order valence-corrected chi connectivity index (χ1v) is 4.91. The predicted molar refractivity (Wildman–Crippen MR) is 59.5 cm³/mol. The summed E-state index contributed by atoms with van der Waals surface area (Å²) in [5.41, 5.74) is 1.77. The lowest BCUT2D eigenvalue weighted by Crippen LogP contribution is -2.25. The van der Waals surface area contributed by atoms with Gasteiger partial charge in [-0.05, 0) is 12.1 Å². The fourth-order valence-corrected chi connectivity index (χ4v) is 1.77. The summed E-state index contributed by atoms with van der Waals surface area (Å²) in [6.07, 6.45) is 0.508. The fourth-order valence-electron chi connectivity index (χ4n) is 1.77. The standard InChI is InChI=1S/C11H14N2O2/c1-13-10(14)6-7-12-8-4-3-5-9(15-2)11(8)13/h3-5,12H,6-7H2,1-2H3. The Hall–Kier alpha value is -1.71. The van der Waals surface area contributed by atoms with E-state index in [-0.39, 0.29) is 5.91 Å². The van der Waals surface area contributed by atoms with Crippen molar-refractivity contribution in [3.05, 3.63) is 18.2 Å². The summed E-state index contributed by atoms with van der Waals surface area (Å²) in [6.45, 7) is 0.670. The van der Waals surface area contributed by atoms with Crippen LogP contribution in [0.3, 0.4) is 0 Å². The van der Waals surface area contributed by atoms with Gasteiger partial charge in [-0.15, -0.1) is 0 Å². The molecule has 0 radical (unpaired) electrons. The molecular formula is C11H14N2O2. The Balaban J connectivity index is 2.54. The number of ether oxygens (including phenoxy) is 1. The van der Waals surface area contributed by atoms with Gasteiger partial charge in [-0.2, -0.15) is 0 Å². The van der Waals surface area contributed by atoms with Gasteiger partial charge in [-0.25, -0.2) is 0 Å². The van der Waals surface area contributed by atoms with E-state index >= 15 is 0 Å². The van der Waals surface area contributed by atoms with Crippen LogP contribution in [0.5, 0.6) is 5.75 Å². The lowest BCUT2D eigenvalue weighted by molar-refractivity contribution is -0.118. The van der Waals surface area contributed by atoms with E-state index in [4.69, 9.17) is 4.74 Å². The number of fused-ring (bicyclic) bond motifs is 1. The minimum absolute atomic E-state index is 0.103. The summed E-state index contributed by atoms with van der Waals surface area (Å²) in [6, 6.07) is 5.72. The molecule has 0 atom stereocenters. The van der Waals surface area contributed by atoms with Gasteiger partial charge in [0.25, 0.3) is 0 Å². The molecule has 1 aliphatic heterocycles. The fraction of sp³-hybridized carbons (Fsp3) is 0.364. The van der Waals surface area contributed by atoms with Crippen LogP contribution in [0.2, 0.25) is 0 Å². The second-order valence-corrected chi connectivity index (χ2v) is 3.49. The van der Waals surface area contributed by atoms with Crippen LogP contribution in [0.1, 0.15) is 6.42 Å². The van der Waals surface area contributed by atoms with Gasteiger partial charge in [0.1, 0.15) is 11.4 Å². The molecule has 0 unspecified atom stereocenters. The number of nitrogens with one attached hydrogen (secondary N) is 1. The monoisotopic (exact) mass is 206 g/mol. The zero-order valence-corrected chi connectivity index (χ0v) is 8.91. The highest BCUT2D eigenvalue weighted by atomic mass is 16.5. The summed E-state index contributed by atoms with van der Waals surface area (Å²) in [4.78, 5) is 13.3. The number of hydrogen-bond acceptors (Lipinski definition) is 3. The lowest BCUT2D eigenvalue weighted by atomic mass is 10.2. The summed E-state index contributed by atoms with van der Waals surface area (Å²) < 4.78 is 5.25. The summed E-state index contributed by atoms with van der Waals surface area (Å²) in [7, 11) is 3.38. The molecule has 4 heteroatoms. The normalized spacial score (nSPS) is 15.3. The Kier molecular flexibility index (Phi) is 2.49. The van der Waals surface area contributed by atoms with Gasteiger partial charge in [0, 0.05) is 20.0 Å². The van der Waals surface area contributed by atoms with Crippen molar-refractivity contribution in [2.24, 2.45) is 0 Å². The molecule has 1 aliphatic rings. The molecular weight excluding hydrogens is 192 g/mol. The third-order valence-electron chi connectivity index (χ3n) is 2.58. The summed E-state index contributed by atoms with van der Waals surface area (Å²) in [5, 5.41) is 3.22. The Morgan fingerprint density at radius 1 is 1.47 bits per heavy atom. The Bertz CT molecular complexity index is 390. The molecule has 0 fully saturated rings. The number of hydrogen-bond donors (Lipinski definition) is 1. The molecule has 0 saturated carbocycles. The van der Waals surface area contributed by atoms with E-state index in [9.17, 15) is 4.79 Å². The largest absolute Gasteiger partial charge is 0.494 e. The summed E-state index contributed by atoms with van der Waals surface area (Å²) >= 11 is 0. The quantitative estimate of drug-likeness (QED) is 0.756. The predicted octanol–water partition coefficient (Wildman–Crippen LogP) is 1.47.